The molecule has 2 aromatic rings. The van der Waals surface area contributed by atoms with E-state index >= 15 is 0 Å². The number of fused-ring (bicyclic) bond motifs is 1. The fourth-order valence-corrected chi connectivity index (χ4v) is 3.89. The Balaban J connectivity index is 1.46. The first-order valence-corrected chi connectivity index (χ1v) is 9.61. The topological polar surface area (TPSA) is 84.2 Å². The van der Waals surface area contributed by atoms with Crippen molar-refractivity contribution in [1.82, 2.24) is 5.32 Å². The smallest absolute Gasteiger partial charge is 0.251 e. The first-order chi connectivity index (χ1) is 13.0. The van der Waals surface area contributed by atoms with E-state index in [1.165, 1.54) is 5.56 Å². The molecule has 2 aromatic carbocycles. The third-order valence-corrected chi connectivity index (χ3v) is 5.63. The van der Waals surface area contributed by atoms with Gasteiger partial charge in [0.2, 0.25) is 5.91 Å². The standard InChI is InChI=1S/C22H25N3O2/c1-13-10-19(13)22(27)24-17-6-2-5-15(12-17)21(26)25-20-7-3-4-14-11-16(23)8-9-18(14)20/h2,5-6,8-9,11-13,19-20H,3-4,7,10,23H2,1H3,(H,24,27)(H,25,26). The van der Waals surface area contributed by atoms with Crippen molar-refractivity contribution in [2.45, 2.75) is 38.6 Å². The van der Waals surface area contributed by atoms with Crippen molar-refractivity contribution < 1.29 is 9.59 Å². The Morgan fingerprint density at radius 3 is 2.74 bits per heavy atom. The number of carbonyl (C=O) groups excluding carboxylic acids is 2. The van der Waals surface area contributed by atoms with Gasteiger partial charge >= 0.3 is 0 Å². The average molecular weight is 363 g/mol. The van der Waals surface area contributed by atoms with Crippen LogP contribution in [-0.2, 0) is 11.2 Å². The van der Waals surface area contributed by atoms with Gasteiger partial charge in [0.15, 0.2) is 0 Å². The van der Waals surface area contributed by atoms with E-state index in [2.05, 4.69) is 17.6 Å². The second-order valence-corrected chi connectivity index (χ2v) is 7.77. The van der Waals surface area contributed by atoms with Crippen molar-refractivity contribution in [1.29, 1.82) is 0 Å². The molecular weight excluding hydrogens is 338 g/mol. The first-order valence-electron chi connectivity index (χ1n) is 9.61. The summed E-state index contributed by atoms with van der Waals surface area (Å²) < 4.78 is 0. The molecule has 0 aliphatic heterocycles. The number of nitrogen functional groups attached to an aromatic ring is 1. The van der Waals surface area contributed by atoms with Gasteiger partial charge in [0, 0.05) is 22.9 Å². The molecule has 5 nitrogen and oxygen atoms in total. The lowest BCUT2D eigenvalue weighted by atomic mass is 9.87. The van der Waals surface area contributed by atoms with Gasteiger partial charge in [0.1, 0.15) is 0 Å². The third-order valence-electron chi connectivity index (χ3n) is 5.63. The normalized spacial score (nSPS) is 23.2. The molecule has 0 spiro atoms. The van der Waals surface area contributed by atoms with Gasteiger partial charge in [-0.05, 0) is 73.1 Å². The Labute approximate surface area is 159 Å². The van der Waals surface area contributed by atoms with Crippen LogP contribution in [0.5, 0.6) is 0 Å². The fraction of sp³-hybridized carbons (Fsp3) is 0.364. The summed E-state index contributed by atoms with van der Waals surface area (Å²) in [6.07, 6.45) is 3.88. The van der Waals surface area contributed by atoms with Crippen LogP contribution in [0.4, 0.5) is 11.4 Å². The Bertz CT molecular complexity index is 893. The number of nitrogens with two attached hydrogens (primary N) is 1. The van der Waals surface area contributed by atoms with E-state index in [9.17, 15) is 9.59 Å². The van der Waals surface area contributed by atoms with E-state index in [0.29, 0.717) is 17.2 Å². The van der Waals surface area contributed by atoms with Crippen LogP contribution in [0, 0.1) is 11.8 Å². The zero-order valence-corrected chi connectivity index (χ0v) is 15.5. The second-order valence-electron chi connectivity index (χ2n) is 7.77. The SMILES string of the molecule is CC1CC1C(=O)Nc1cccc(C(=O)NC2CCCc3cc(N)ccc32)c1. The van der Waals surface area contributed by atoms with E-state index in [-0.39, 0.29) is 23.8 Å². The second kappa shape index (κ2) is 7.06. The monoisotopic (exact) mass is 363 g/mol. The molecule has 0 saturated heterocycles. The number of anilines is 2. The van der Waals surface area contributed by atoms with Crippen LogP contribution in [0.25, 0.3) is 0 Å². The number of aryl methyl sites for hydroxylation is 1. The van der Waals surface area contributed by atoms with E-state index in [1.54, 1.807) is 18.2 Å². The lowest BCUT2D eigenvalue weighted by molar-refractivity contribution is -0.117. The quantitative estimate of drug-likeness (QED) is 0.725. The summed E-state index contributed by atoms with van der Waals surface area (Å²) in [5, 5.41) is 6.06. The molecule has 4 rings (SSSR count). The van der Waals surface area contributed by atoms with E-state index in [0.717, 1.165) is 36.9 Å². The molecular formula is C22H25N3O2. The summed E-state index contributed by atoms with van der Waals surface area (Å²) in [6, 6.07) is 13.0. The number of hydrogen-bond acceptors (Lipinski definition) is 3. The highest BCUT2D eigenvalue weighted by molar-refractivity contribution is 5.98. The molecule has 0 aromatic heterocycles. The highest BCUT2D eigenvalue weighted by Crippen LogP contribution is 2.38. The summed E-state index contributed by atoms with van der Waals surface area (Å²) in [6.45, 7) is 2.07. The molecule has 2 aliphatic rings. The lowest BCUT2D eigenvalue weighted by Crippen LogP contribution is -2.31. The number of hydrogen-bond donors (Lipinski definition) is 3. The largest absolute Gasteiger partial charge is 0.399 e. The molecule has 27 heavy (non-hydrogen) atoms. The third kappa shape index (κ3) is 3.82. The highest BCUT2D eigenvalue weighted by Gasteiger charge is 2.39. The molecule has 2 amide bonds. The van der Waals surface area contributed by atoms with Crippen molar-refractivity contribution >= 4 is 23.2 Å². The predicted octanol–water partition coefficient (Wildman–Crippen LogP) is 3.67. The Morgan fingerprint density at radius 1 is 1.15 bits per heavy atom. The minimum absolute atomic E-state index is 0.00703. The number of amides is 2. The predicted molar refractivity (Wildman–Crippen MR) is 106 cm³/mol. The molecule has 3 unspecified atom stereocenters. The summed E-state index contributed by atoms with van der Waals surface area (Å²) in [7, 11) is 0. The molecule has 1 fully saturated rings. The molecule has 2 aliphatic carbocycles. The minimum atomic E-state index is -0.124. The van der Waals surface area contributed by atoms with Crippen molar-refractivity contribution in [2.24, 2.45) is 11.8 Å². The minimum Gasteiger partial charge on any atom is -0.399 e. The number of carbonyl (C=O) groups is 2. The van der Waals surface area contributed by atoms with E-state index < -0.39 is 0 Å². The Hall–Kier alpha value is -2.82. The van der Waals surface area contributed by atoms with Gasteiger partial charge in [-0.3, -0.25) is 9.59 Å². The van der Waals surface area contributed by atoms with Crippen molar-refractivity contribution in [3.05, 3.63) is 59.2 Å². The van der Waals surface area contributed by atoms with Crippen LogP contribution < -0.4 is 16.4 Å². The molecule has 4 N–H and O–H groups in total. The maximum absolute atomic E-state index is 12.8. The van der Waals surface area contributed by atoms with Crippen LogP contribution in [0.15, 0.2) is 42.5 Å². The van der Waals surface area contributed by atoms with Crippen LogP contribution >= 0.6 is 0 Å². The van der Waals surface area contributed by atoms with Crippen LogP contribution in [0.2, 0.25) is 0 Å². The van der Waals surface area contributed by atoms with Crippen LogP contribution in [0.1, 0.15) is 53.7 Å². The number of benzene rings is 2. The molecule has 0 bridgehead atoms. The van der Waals surface area contributed by atoms with Gasteiger partial charge in [-0.2, -0.15) is 0 Å². The molecule has 0 radical (unpaired) electrons. The maximum atomic E-state index is 12.8. The fourth-order valence-electron chi connectivity index (χ4n) is 3.89. The van der Waals surface area contributed by atoms with Gasteiger partial charge in [-0.15, -0.1) is 0 Å². The highest BCUT2D eigenvalue weighted by atomic mass is 16.2. The Kier molecular flexibility index (Phi) is 4.60. The molecule has 5 heteroatoms. The number of rotatable bonds is 4. The number of nitrogens with one attached hydrogen (secondary N) is 2. The van der Waals surface area contributed by atoms with Crippen LogP contribution in [0.3, 0.4) is 0 Å². The van der Waals surface area contributed by atoms with E-state index in [1.807, 2.05) is 24.3 Å². The zero-order valence-electron chi connectivity index (χ0n) is 15.5. The van der Waals surface area contributed by atoms with Gasteiger partial charge in [0.05, 0.1) is 6.04 Å². The molecule has 0 heterocycles. The van der Waals surface area contributed by atoms with E-state index in [4.69, 9.17) is 5.73 Å². The summed E-state index contributed by atoms with van der Waals surface area (Å²) in [5.74, 6) is 0.477. The van der Waals surface area contributed by atoms with Gasteiger partial charge < -0.3 is 16.4 Å². The maximum Gasteiger partial charge on any atom is 0.251 e. The summed E-state index contributed by atoms with van der Waals surface area (Å²) in [4.78, 5) is 24.9. The molecule has 3 atom stereocenters. The molecule has 140 valence electrons. The molecule has 1 saturated carbocycles. The Morgan fingerprint density at radius 2 is 1.96 bits per heavy atom. The van der Waals surface area contributed by atoms with Crippen molar-refractivity contribution in [3.63, 3.8) is 0 Å². The van der Waals surface area contributed by atoms with Gasteiger partial charge in [-0.1, -0.05) is 19.1 Å². The van der Waals surface area contributed by atoms with Crippen molar-refractivity contribution in [3.8, 4) is 0 Å². The summed E-state index contributed by atoms with van der Waals surface area (Å²) in [5.41, 5.74) is 10.2. The average Bonchev–Trinajstić information content (AvgIpc) is 3.39. The van der Waals surface area contributed by atoms with Crippen LogP contribution in [-0.4, -0.2) is 11.8 Å². The van der Waals surface area contributed by atoms with Gasteiger partial charge in [0.25, 0.3) is 5.91 Å². The lowest BCUT2D eigenvalue weighted by Gasteiger charge is -2.26. The summed E-state index contributed by atoms with van der Waals surface area (Å²) >= 11 is 0. The van der Waals surface area contributed by atoms with Gasteiger partial charge in [-0.25, -0.2) is 0 Å². The van der Waals surface area contributed by atoms with Crippen molar-refractivity contribution in [2.75, 3.05) is 11.1 Å². The zero-order chi connectivity index (χ0) is 19.0. The first kappa shape index (κ1) is 17.6.